The second-order valence-corrected chi connectivity index (χ2v) is 32.1. The highest BCUT2D eigenvalue weighted by Gasteiger charge is 2.38. The normalized spacial score (nSPS) is 12.9. The van der Waals surface area contributed by atoms with E-state index in [-0.39, 0.29) is 82.6 Å². The molecular weight excluding hydrogens is 2430 g/mol. The number of halogens is 9. The van der Waals surface area contributed by atoms with Gasteiger partial charge in [-0.15, -0.1) is 0 Å². The molecule has 0 aliphatic carbocycles. The van der Waals surface area contributed by atoms with Gasteiger partial charge in [0.25, 0.3) is 53.2 Å². The quantitative estimate of drug-likeness (QED) is 0.0225. The molecule has 0 aliphatic rings. The Morgan fingerprint density at radius 1 is 0.340 bits per heavy atom. The van der Waals surface area contributed by atoms with Gasteiger partial charge in [0, 0.05) is 119 Å². The van der Waals surface area contributed by atoms with Crippen LogP contribution in [0.15, 0.2) is 0 Å². The first kappa shape index (κ1) is 96.2. The molecule has 0 saturated heterocycles. The van der Waals surface area contributed by atoms with Gasteiger partial charge in [0.15, 0.2) is 0 Å². The summed E-state index contributed by atoms with van der Waals surface area (Å²) in [6.07, 6.45) is -9.74. The highest BCUT2D eigenvalue weighted by atomic mass is 127. The summed E-state index contributed by atoms with van der Waals surface area (Å²) in [4.78, 5) is 206. The van der Waals surface area contributed by atoms with Gasteiger partial charge in [-0.05, 0) is 203 Å². The molecule has 0 fully saturated rings. The highest BCUT2D eigenvalue weighted by Crippen LogP contribution is 2.40. The van der Waals surface area contributed by atoms with E-state index < -0.39 is 210 Å². The van der Waals surface area contributed by atoms with E-state index in [0.717, 1.165) is 56.2 Å². The molecular formula is C61H70I9N9O27. The molecule has 3 rings (SSSR count). The van der Waals surface area contributed by atoms with Crippen molar-refractivity contribution in [2.75, 3.05) is 116 Å². The van der Waals surface area contributed by atoms with Crippen LogP contribution in [0.1, 0.15) is 104 Å². The topological polar surface area (TPSA) is 515 Å². The average molecular weight is 2500 g/mol. The maximum Gasteiger partial charge on any atom is 0.303 e. The van der Waals surface area contributed by atoms with E-state index in [1.54, 1.807) is 203 Å². The van der Waals surface area contributed by atoms with Crippen LogP contribution in [0.2, 0.25) is 0 Å². The molecule has 9 amide bonds. The number of carbonyl (C=O) groups excluding carboxylic acids is 15. The number of nitrogens with zero attached hydrogens (tertiary/aromatic N) is 3. The fourth-order valence-corrected chi connectivity index (χ4v) is 22.1. The van der Waals surface area contributed by atoms with Crippen LogP contribution in [0.5, 0.6) is 0 Å². The number of likely N-dealkylation sites (N-methyl/N-ethyl adjacent to an activating group) is 3. The van der Waals surface area contributed by atoms with Crippen molar-refractivity contribution in [1.82, 2.24) is 30.7 Å². The first-order valence-corrected chi connectivity index (χ1v) is 40.0. The van der Waals surface area contributed by atoms with E-state index in [0.29, 0.717) is 0 Å². The summed E-state index contributed by atoms with van der Waals surface area (Å²) in [7, 11) is 3.80. The van der Waals surface area contributed by atoms with Crippen molar-refractivity contribution in [2.24, 2.45) is 5.92 Å². The van der Waals surface area contributed by atoms with E-state index in [2.05, 4.69) is 31.9 Å². The average Bonchev–Trinajstić information content (AvgIpc) is 0.776. The molecule has 0 aromatic heterocycles. The van der Waals surface area contributed by atoms with Gasteiger partial charge in [-0.25, -0.2) is 0 Å². The van der Waals surface area contributed by atoms with Crippen LogP contribution in [0.4, 0.5) is 17.1 Å². The Hall–Kier alpha value is -3.96. The molecule has 0 radical (unpaired) electrons. The van der Waals surface area contributed by atoms with Gasteiger partial charge in [-0.1, -0.05) is 0 Å². The second-order valence-electron chi connectivity index (χ2n) is 22.4. The lowest BCUT2D eigenvalue weighted by Gasteiger charge is -2.26. The van der Waals surface area contributed by atoms with E-state index >= 15 is 14.4 Å². The summed E-state index contributed by atoms with van der Waals surface area (Å²) in [5, 5.41) is 76.1. The van der Waals surface area contributed by atoms with Crippen molar-refractivity contribution in [1.29, 1.82) is 0 Å². The Balaban J connectivity index is 2.51. The Kier molecular flexibility index (Phi) is 41.3. The zero-order valence-corrected chi connectivity index (χ0v) is 76.4. The number of hydrogen-bond donors (Lipinski definition) is 12. The van der Waals surface area contributed by atoms with Crippen LogP contribution in [-0.4, -0.2) is 271 Å². The number of nitrogens with one attached hydrogen (secondary N) is 6. The summed E-state index contributed by atoms with van der Waals surface area (Å²) in [6.45, 7) is -1.71. The van der Waals surface area contributed by atoms with Crippen LogP contribution in [0.25, 0.3) is 0 Å². The standard InChI is InChI=1S/C61H70I9N9O27/c1-22(83)101-19-32(104-25(4)86)53(92)74-50-44(65)35(41(62)38(47(50)68)59(98)77(7)13-29(89)16-80)56(95)71-10-28(11-72-57(96)36-42(63)39(60(99)78(8)14-30(90)17-81)48(69)51(45(36)66)75-54(93)33(105-26(5)87)20-102-23(2)84)12-73-58(97)37-43(64)40(61(100)79(9)15-31(91)18-82)49(70)52(46(37)67)76-55(94)34(106-27(6)88)21-103-24(3)85/h28-34,80-82,89-91H,10-21H2,1-9H3,(H,71,95)(H,72,96)(H,73,97)(H,74,92)(H,75,93)(H,76,94). The van der Waals surface area contributed by atoms with E-state index in [9.17, 15) is 88.2 Å². The van der Waals surface area contributed by atoms with E-state index in [1.165, 1.54) is 21.1 Å². The molecule has 45 heteroatoms. The second kappa shape index (κ2) is 45.5. The third kappa shape index (κ3) is 27.8. The van der Waals surface area contributed by atoms with Gasteiger partial charge in [0.2, 0.25) is 18.3 Å². The Labute approximate surface area is 727 Å². The third-order valence-corrected chi connectivity index (χ3v) is 23.6. The Bertz CT molecular complexity index is 3540. The molecule has 0 heterocycles. The van der Waals surface area contributed by atoms with Gasteiger partial charge < -0.3 is 106 Å². The molecule has 106 heavy (non-hydrogen) atoms. The predicted octanol–water partition coefficient (Wildman–Crippen LogP) is 1.91. The lowest BCUT2D eigenvalue weighted by Crippen LogP contribution is -2.44. The zero-order valence-electron chi connectivity index (χ0n) is 57.0. The highest BCUT2D eigenvalue weighted by molar-refractivity contribution is 14.1. The number of benzene rings is 3. The van der Waals surface area contributed by atoms with Crippen molar-refractivity contribution in [3.8, 4) is 0 Å². The molecule has 3 aromatic rings. The fraction of sp³-hybridized carbons (Fsp3) is 0.459. The number of esters is 6. The minimum absolute atomic E-state index is 0.00916. The number of anilines is 3. The van der Waals surface area contributed by atoms with Gasteiger partial charge in [0.05, 0.1) is 110 Å². The lowest BCUT2D eigenvalue weighted by molar-refractivity contribution is -0.160. The Morgan fingerprint density at radius 2 is 0.547 bits per heavy atom. The van der Waals surface area contributed by atoms with Crippen LogP contribution in [-0.2, 0) is 71.6 Å². The van der Waals surface area contributed by atoms with Crippen molar-refractivity contribution in [3.05, 3.63) is 65.5 Å². The minimum Gasteiger partial charge on any atom is -0.461 e. The van der Waals surface area contributed by atoms with Gasteiger partial charge in [-0.3, -0.25) is 71.9 Å². The molecule has 12 N–H and O–H groups in total. The first-order chi connectivity index (χ1) is 49.4. The molecule has 0 bridgehead atoms. The number of aliphatic hydroxyl groups is 6. The van der Waals surface area contributed by atoms with Crippen LogP contribution in [0.3, 0.4) is 0 Å². The Morgan fingerprint density at radius 3 is 0.736 bits per heavy atom. The number of aliphatic hydroxyl groups excluding tert-OH is 6. The van der Waals surface area contributed by atoms with Gasteiger partial charge >= 0.3 is 35.8 Å². The monoisotopic (exact) mass is 2500 g/mol. The summed E-state index contributed by atoms with van der Waals surface area (Å²) in [6, 6.07) is 0. The number of amides is 9. The van der Waals surface area contributed by atoms with Crippen molar-refractivity contribution in [3.63, 3.8) is 0 Å². The van der Waals surface area contributed by atoms with Gasteiger partial charge in [-0.2, -0.15) is 0 Å². The SMILES string of the molecule is CC(=O)OCC(OC(C)=O)C(=O)Nc1c(I)c(C(=O)NCC(CNC(=O)c2c(I)c(NC(=O)C(COC(C)=O)OC(C)=O)c(I)c(C(=O)N(C)CC(O)CO)c2I)CNC(=O)c2c(I)c(NC(=O)C(COC(C)=O)OC(C)=O)c(I)c(C(=O)N(C)CC(O)CO)c2I)c(I)c(C(=O)N(C)CC(O)CO)c1I. The lowest BCUT2D eigenvalue weighted by atomic mass is 10.0. The van der Waals surface area contributed by atoms with Crippen LogP contribution < -0.4 is 31.9 Å². The fourth-order valence-electron chi connectivity index (χ4n) is 8.90. The van der Waals surface area contributed by atoms with Gasteiger partial charge in [0.1, 0.15) is 19.8 Å². The zero-order chi connectivity index (χ0) is 80.8. The summed E-state index contributed by atoms with van der Waals surface area (Å²) < 4.78 is 30.0. The number of hydrogen-bond acceptors (Lipinski definition) is 27. The first-order valence-electron chi connectivity index (χ1n) is 30.3. The minimum atomic E-state index is -1.79. The van der Waals surface area contributed by atoms with Crippen LogP contribution in [0, 0.1) is 38.0 Å². The maximum absolute atomic E-state index is 15.2. The largest absolute Gasteiger partial charge is 0.461 e. The predicted molar refractivity (Wildman–Crippen MR) is 447 cm³/mol. The number of rotatable bonds is 36. The van der Waals surface area contributed by atoms with Crippen molar-refractivity contribution < 1.29 is 131 Å². The molecule has 584 valence electrons. The molecule has 0 aliphatic heterocycles. The summed E-state index contributed by atoms with van der Waals surface area (Å²) in [5.74, 6) is -15.6. The van der Waals surface area contributed by atoms with Crippen LogP contribution >= 0.6 is 203 Å². The van der Waals surface area contributed by atoms with E-state index in [1.807, 2.05) is 0 Å². The number of ether oxygens (including phenoxy) is 6. The number of carbonyl (C=O) groups is 15. The van der Waals surface area contributed by atoms with Crippen molar-refractivity contribution >= 4 is 309 Å². The summed E-state index contributed by atoms with van der Waals surface area (Å²) in [5.41, 5.74) is -2.32. The molecule has 0 saturated carbocycles. The third-order valence-electron chi connectivity index (χ3n) is 13.9. The molecule has 36 nitrogen and oxygen atoms in total. The molecule has 0 spiro atoms. The smallest absolute Gasteiger partial charge is 0.303 e. The summed E-state index contributed by atoms with van der Waals surface area (Å²) >= 11 is 15.3. The molecule has 3 aromatic carbocycles. The van der Waals surface area contributed by atoms with Crippen molar-refractivity contribution in [2.45, 2.75) is 78.2 Å². The molecule has 6 atom stereocenters. The molecule has 6 unspecified atom stereocenters. The van der Waals surface area contributed by atoms with E-state index in [4.69, 9.17) is 28.4 Å². The maximum atomic E-state index is 15.2.